The number of pyridine rings is 1. The van der Waals surface area contributed by atoms with Gasteiger partial charge in [-0.05, 0) is 37.1 Å². The predicted molar refractivity (Wildman–Crippen MR) is 98.9 cm³/mol. The largest absolute Gasteiger partial charge is 0.480 e. The number of carbonyl (C=O) groups excluding carboxylic acids is 1. The Hall–Kier alpha value is -2.56. The molecule has 2 aromatic rings. The molecule has 3 rings (SSSR count). The predicted octanol–water partition coefficient (Wildman–Crippen LogP) is 2.90. The number of anilines is 1. The number of hydrogen-bond donors (Lipinski definition) is 0. The summed E-state index contributed by atoms with van der Waals surface area (Å²) in [7, 11) is 0. The van der Waals surface area contributed by atoms with E-state index in [-0.39, 0.29) is 5.91 Å². The summed E-state index contributed by atoms with van der Waals surface area (Å²) in [6, 6.07) is 13.7. The smallest absolute Gasteiger partial charge is 0.263 e. The van der Waals surface area contributed by atoms with E-state index in [1.807, 2.05) is 61.2 Å². The highest BCUT2D eigenvalue weighted by Crippen LogP contribution is 2.20. The highest BCUT2D eigenvalue weighted by atomic mass is 16.5. The first kappa shape index (κ1) is 17.3. The molecule has 1 aliphatic rings. The molecule has 0 aliphatic carbocycles. The third-order valence-electron chi connectivity index (χ3n) is 4.57. The fraction of sp³-hybridized carbons (Fsp3) is 0.400. The van der Waals surface area contributed by atoms with Gasteiger partial charge < -0.3 is 14.5 Å². The molecule has 1 amide bonds. The first-order chi connectivity index (χ1) is 12.2. The molecule has 25 heavy (non-hydrogen) atoms. The van der Waals surface area contributed by atoms with Crippen molar-refractivity contribution in [2.24, 2.45) is 0 Å². The molecule has 5 heteroatoms. The van der Waals surface area contributed by atoms with Gasteiger partial charge in [-0.25, -0.2) is 4.98 Å². The summed E-state index contributed by atoms with van der Waals surface area (Å²) in [5.41, 5.74) is 1.05. The lowest BCUT2D eigenvalue weighted by Crippen LogP contribution is -2.52. The Morgan fingerprint density at radius 3 is 2.48 bits per heavy atom. The molecule has 1 aromatic heterocycles. The lowest BCUT2D eigenvalue weighted by atomic mass is 10.2. The van der Waals surface area contributed by atoms with Crippen LogP contribution in [0.25, 0.3) is 0 Å². The molecule has 1 atom stereocenters. The average molecular weight is 339 g/mol. The lowest BCUT2D eigenvalue weighted by Gasteiger charge is -2.36. The van der Waals surface area contributed by atoms with E-state index in [0.29, 0.717) is 19.5 Å². The van der Waals surface area contributed by atoms with Crippen molar-refractivity contribution >= 4 is 11.7 Å². The fourth-order valence-corrected chi connectivity index (χ4v) is 3.05. The number of aromatic nitrogens is 1. The minimum Gasteiger partial charge on any atom is -0.480 e. The molecule has 1 aliphatic heterocycles. The van der Waals surface area contributed by atoms with Crippen LogP contribution in [0.3, 0.4) is 0 Å². The van der Waals surface area contributed by atoms with Gasteiger partial charge in [-0.15, -0.1) is 0 Å². The van der Waals surface area contributed by atoms with E-state index in [1.54, 1.807) is 6.20 Å². The second kappa shape index (κ2) is 8.01. The molecule has 0 saturated carbocycles. The van der Waals surface area contributed by atoms with Gasteiger partial charge in [0.25, 0.3) is 5.91 Å². The molecular formula is C20H25N3O2. The van der Waals surface area contributed by atoms with Gasteiger partial charge in [0.05, 0.1) is 0 Å². The Labute approximate surface area is 149 Å². The van der Waals surface area contributed by atoms with Crippen LogP contribution < -0.4 is 9.64 Å². The van der Waals surface area contributed by atoms with Crippen LogP contribution in [-0.4, -0.2) is 48.1 Å². The van der Waals surface area contributed by atoms with E-state index < -0.39 is 6.10 Å². The maximum absolute atomic E-state index is 12.9. The van der Waals surface area contributed by atoms with Crippen LogP contribution in [0.15, 0.2) is 48.7 Å². The van der Waals surface area contributed by atoms with Gasteiger partial charge in [0, 0.05) is 32.4 Å². The van der Waals surface area contributed by atoms with Gasteiger partial charge in [0.2, 0.25) is 0 Å². The summed E-state index contributed by atoms with van der Waals surface area (Å²) < 4.78 is 6.00. The number of piperazine rings is 1. The Morgan fingerprint density at radius 1 is 1.12 bits per heavy atom. The van der Waals surface area contributed by atoms with E-state index in [2.05, 4.69) is 9.88 Å². The molecule has 0 N–H and O–H groups in total. The molecule has 0 bridgehead atoms. The molecule has 0 unspecified atom stereocenters. The molecular weight excluding hydrogens is 314 g/mol. The van der Waals surface area contributed by atoms with Gasteiger partial charge in [0.15, 0.2) is 6.10 Å². The van der Waals surface area contributed by atoms with E-state index in [1.165, 1.54) is 0 Å². The van der Waals surface area contributed by atoms with Crippen molar-refractivity contribution in [2.45, 2.75) is 26.4 Å². The zero-order valence-electron chi connectivity index (χ0n) is 14.9. The third kappa shape index (κ3) is 4.10. The van der Waals surface area contributed by atoms with Gasteiger partial charge >= 0.3 is 0 Å². The molecule has 1 saturated heterocycles. The van der Waals surface area contributed by atoms with Gasteiger partial charge in [-0.2, -0.15) is 0 Å². The SMILES string of the molecule is CC[C@H](Oc1ccccc1C)C(=O)N1CCN(c2ccccn2)CC1. The number of aryl methyl sites for hydroxylation is 1. The van der Waals surface area contributed by atoms with Crippen LogP contribution in [-0.2, 0) is 4.79 Å². The number of ether oxygens (including phenoxy) is 1. The minimum atomic E-state index is -0.428. The number of nitrogens with zero attached hydrogens (tertiary/aromatic N) is 3. The van der Waals surface area contributed by atoms with Gasteiger partial charge in [-0.1, -0.05) is 31.2 Å². The zero-order chi connectivity index (χ0) is 17.6. The summed E-state index contributed by atoms with van der Waals surface area (Å²) >= 11 is 0. The lowest BCUT2D eigenvalue weighted by molar-refractivity contribution is -0.139. The topological polar surface area (TPSA) is 45.7 Å². The molecule has 1 fully saturated rings. The third-order valence-corrected chi connectivity index (χ3v) is 4.57. The maximum Gasteiger partial charge on any atom is 0.263 e. The van der Waals surface area contributed by atoms with Crippen LogP contribution in [0.2, 0.25) is 0 Å². The molecule has 0 radical (unpaired) electrons. The number of para-hydroxylation sites is 1. The zero-order valence-corrected chi connectivity index (χ0v) is 14.9. The highest BCUT2D eigenvalue weighted by molar-refractivity contribution is 5.81. The second-order valence-electron chi connectivity index (χ2n) is 6.28. The van der Waals surface area contributed by atoms with Crippen molar-refractivity contribution < 1.29 is 9.53 Å². The summed E-state index contributed by atoms with van der Waals surface area (Å²) in [6.07, 6.45) is 2.03. The van der Waals surface area contributed by atoms with Crippen molar-refractivity contribution in [1.82, 2.24) is 9.88 Å². The van der Waals surface area contributed by atoms with Crippen LogP contribution >= 0.6 is 0 Å². The summed E-state index contributed by atoms with van der Waals surface area (Å²) in [5, 5.41) is 0. The van der Waals surface area contributed by atoms with Crippen LogP contribution in [0.1, 0.15) is 18.9 Å². The summed E-state index contributed by atoms with van der Waals surface area (Å²) in [6.45, 7) is 6.97. The Morgan fingerprint density at radius 2 is 1.84 bits per heavy atom. The van der Waals surface area contributed by atoms with Crippen LogP contribution in [0.4, 0.5) is 5.82 Å². The van der Waals surface area contributed by atoms with Crippen LogP contribution in [0.5, 0.6) is 5.75 Å². The van der Waals surface area contributed by atoms with Crippen molar-refractivity contribution in [3.05, 3.63) is 54.2 Å². The molecule has 2 heterocycles. The number of hydrogen-bond acceptors (Lipinski definition) is 4. The highest BCUT2D eigenvalue weighted by Gasteiger charge is 2.28. The monoisotopic (exact) mass is 339 g/mol. The minimum absolute atomic E-state index is 0.0754. The second-order valence-corrected chi connectivity index (χ2v) is 6.28. The average Bonchev–Trinajstić information content (AvgIpc) is 2.68. The Bertz CT molecular complexity index is 697. The van der Waals surface area contributed by atoms with Crippen molar-refractivity contribution in [3.63, 3.8) is 0 Å². The molecule has 5 nitrogen and oxygen atoms in total. The van der Waals surface area contributed by atoms with Gasteiger partial charge in [0.1, 0.15) is 11.6 Å². The summed E-state index contributed by atoms with van der Waals surface area (Å²) in [4.78, 5) is 21.4. The number of amides is 1. The first-order valence-corrected chi connectivity index (χ1v) is 8.86. The van der Waals surface area contributed by atoms with Gasteiger partial charge in [-0.3, -0.25) is 4.79 Å². The normalized spacial score (nSPS) is 15.8. The van der Waals surface area contributed by atoms with Crippen molar-refractivity contribution in [1.29, 1.82) is 0 Å². The van der Waals surface area contributed by atoms with E-state index >= 15 is 0 Å². The maximum atomic E-state index is 12.9. The first-order valence-electron chi connectivity index (χ1n) is 8.86. The van der Waals surface area contributed by atoms with Crippen molar-refractivity contribution in [2.75, 3.05) is 31.1 Å². The molecule has 0 spiro atoms. The Balaban J connectivity index is 1.60. The molecule has 132 valence electrons. The summed E-state index contributed by atoms with van der Waals surface area (Å²) in [5.74, 6) is 1.83. The van der Waals surface area contributed by atoms with E-state index in [4.69, 9.17) is 4.74 Å². The van der Waals surface area contributed by atoms with Crippen molar-refractivity contribution in [3.8, 4) is 5.75 Å². The quantitative estimate of drug-likeness (QED) is 0.840. The standard InChI is InChI=1S/C20H25N3O2/c1-3-17(25-18-9-5-4-8-16(18)2)20(24)23-14-12-22(13-15-23)19-10-6-7-11-21-19/h4-11,17H,3,12-15H2,1-2H3/t17-/m0/s1. The number of carbonyl (C=O) groups is 1. The van der Waals surface area contributed by atoms with E-state index in [0.717, 1.165) is 30.2 Å². The number of rotatable bonds is 5. The molecule has 1 aromatic carbocycles. The Kier molecular flexibility index (Phi) is 5.53. The fourth-order valence-electron chi connectivity index (χ4n) is 3.05. The van der Waals surface area contributed by atoms with E-state index in [9.17, 15) is 4.79 Å². The van der Waals surface area contributed by atoms with Crippen LogP contribution in [0, 0.1) is 6.92 Å². The number of benzene rings is 1.